The second kappa shape index (κ2) is 7.37. The highest BCUT2D eigenvalue weighted by molar-refractivity contribution is 5.80. The fourth-order valence-corrected chi connectivity index (χ4v) is 1.04. The molecule has 0 unspecified atom stereocenters. The fourth-order valence-electron chi connectivity index (χ4n) is 1.04. The Bertz CT molecular complexity index is 526. The van der Waals surface area contributed by atoms with Crippen LogP contribution in [0.15, 0.2) is 33.5 Å². The standard InChI is InChI=1S/C10H15N9/c1-14-10(13)19-16-6-8-4-2-3-7(17-8)5-15-18-9(11)12/h2-6H,1H3,(H4,11,12,18)(H3,13,14,19)/p+2/b15-5+,16-6+. The lowest BCUT2D eigenvalue weighted by molar-refractivity contribution is -0.423. The van der Waals surface area contributed by atoms with Gasteiger partial charge in [0, 0.05) is 12.1 Å². The summed E-state index contributed by atoms with van der Waals surface area (Å²) >= 11 is 0. The van der Waals surface area contributed by atoms with Gasteiger partial charge in [-0.05, 0) is 6.07 Å². The Morgan fingerprint density at radius 2 is 1.95 bits per heavy atom. The lowest BCUT2D eigenvalue weighted by Gasteiger charge is -1.89. The van der Waals surface area contributed by atoms with Crippen LogP contribution in [0.2, 0.25) is 0 Å². The van der Waals surface area contributed by atoms with Crippen LogP contribution in [0.3, 0.4) is 0 Å². The number of guanidine groups is 2. The van der Waals surface area contributed by atoms with Crippen LogP contribution in [0.4, 0.5) is 0 Å². The molecule has 0 aromatic carbocycles. The molecule has 9 nitrogen and oxygen atoms in total. The topological polar surface area (TPSA) is 155 Å². The summed E-state index contributed by atoms with van der Waals surface area (Å²) in [5, 5.41) is 11.1. The quantitative estimate of drug-likeness (QED) is 0.213. The Kier molecular flexibility index (Phi) is 5.47. The van der Waals surface area contributed by atoms with Crippen molar-refractivity contribution in [3.8, 4) is 0 Å². The van der Waals surface area contributed by atoms with E-state index in [1.165, 1.54) is 6.21 Å². The van der Waals surface area contributed by atoms with E-state index >= 15 is 0 Å². The van der Waals surface area contributed by atoms with Crippen molar-refractivity contribution in [2.24, 2.45) is 32.5 Å². The number of hydrogen-bond acceptors (Lipinski definition) is 3. The Hall–Kier alpha value is -2.97. The van der Waals surface area contributed by atoms with Crippen molar-refractivity contribution in [3.63, 3.8) is 0 Å². The predicted octanol–water partition coefficient (Wildman–Crippen LogP) is -3.94. The van der Waals surface area contributed by atoms with Crippen LogP contribution < -0.4 is 32.6 Å². The third kappa shape index (κ3) is 5.77. The molecular formula is C10H17N9+2. The van der Waals surface area contributed by atoms with E-state index in [2.05, 4.69) is 30.7 Å². The van der Waals surface area contributed by atoms with Crippen molar-refractivity contribution < 1.29 is 9.98 Å². The Balaban J connectivity index is 2.72. The maximum Gasteiger partial charge on any atom is 0.364 e. The first-order valence-electron chi connectivity index (χ1n) is 5.35. The number of pyridine rings is 1. The Labute approximate surface area is 110 Å². The number of rotatable bonds is 4. The highest BCUT2D eigenvalue weighted by atomic mass is 15.3. The summed E-state index contributed by atoms with van der Waals surface area (Å²) in [4.78, 5) is 5.75. The summed E-state index contributed by atoms with van der Waals surface area (Å²) in [6.45, 7) is 0. The SMILES string of the molecule is C[NH+]=C(N)N/N=C/c1cccc(/C=N/N=C(N)N)[nH+]1. The van der Waals surface area contributed by atoms with Crippen molar-refractivity contribution >= 4 is 24.3 Å². The predicted molar refractivity (Wildman–Crippen MR) is 73.2 cm³/mol. The molecule has 0 radical (unpaired) electrons. The van der Waals surface area contributed by atoms with Gasteiger partial charge in [-0.15, -0.1) is 15.3 Å². The molecule has 0 spiro atoms. The zero-order valence-electron chi connectivity index (χ0n) is 10.5. The van der Waals surface area contributed by atoms with Gasteiger partial charge < -0.3 is 11.5 Å². The van der Waals surface area contributed by atoms with E-state index in [1.54, 1.807) is 13.3 Å². The van der Waals surface area contributed by atoms with Crippen LogP contribution >= 0.6 is 0 Å². The van der Waals surface area contributed by atoms with Crippen molar-refractivity contribution in [2.75, 3.05) is 7.05 Å². The van der Waals surface area contributed by atoms with Gasteiger partial charge in [0.1, 0.15) is 12.4 Å². The Morgan fingerprint density at radius 3 is 2.58 bits per heavy atom. The van der Waals surface area contributed by atoms with Gasteiger partial charge in [-0.1, -0.05) is 0 Å². The van der Waals surface area contributed by atoms with E-state index in [-0.39, 0.29) is 5.96 Å². The molecule has 1 heterocycles. The number of hydrogen-bond donors (Lipinski definition) is 5. The van der Waals surface area contributed by atoms with E-state index < -0.39 is 0 Å². The van der Waals surface area contributed by atoms with Crippen molar-refractivity contribution in [1.82, 2.24) is 5.43 Å². The molecule has 0 bridgehead atoms. The number of nitrogens with two attached hydrogens (primary N) is 3. The number of hydrazone groups is 1. The van der Waals surface area contributed by atoms with Crippen LogP contribution in [0.5, 0.6) is 0 Å². The number of aromatic amines is 1. The summed E-state index contributed by atoms with van der Waals surface area (Å²) in [6.07, 6.45) is 3.06. The highest BCUT2D eigenvalue weighted by Crippen LogP contribution is 1.89. The molecular weight excluding hydrogens is 246 g/mol. The van der Waals surface area contributed by atoms with Crippen LogP contribution in [-0.2, 0) is 0 Å². The van der Waals surface area contributed by atoms with Crippen LogP contribution in [0.1, 0.15) is 11.4 Å². The lowest BCUT2D eigenvalue weighted by atomic mass is 10.3. The second-order valence-corrected chi connectivity index (χ2v) is 3.36. The minimum atomic E-state index is -0.101. The van der Waals surface area contributed by atoms with E-state index in [0.29, 0.717) is 5.96 Å². The molecule has 0 atom stereocenters. The molecule has 0 amide bonds. The molecule has 9 heteroatoms. The van der Waals surface area contributed by atoms with Gasteiger partial charge in [0.05, 0.1) is 7.05 Å². The highest BCUT2D eigenvalue weighted by Gasteiger charge is 2.01. The molecule has 1 aromatic heterocycles. The third-order valence-corrected chi connectivity index (χ3v) is 1.87. The van der Waals surface area contributed by atoms with Gasteiger partial charge in [-0.25, -0.2) is 4.98 Å². The largest absolute Gasteiger partial charge is 0.369 e. The van der Waals surface area contributed by atoms with E-state index in [1.807, 2.05) is 18.2 Å². The summed E-state index contributed by atoms with van der Waals surface area (Å²) in [7, 11) is 1.69. The normalized spacial score (nSPS) is 11.9. The third-order valence-electron chi connectivity index (χ3n) is 1.87. The van der Waals surface area contributed by atoms with Crippen LogP contribution in [-0.4, -0.2) is 31.4 Å². The van der Waals surface area contributed by atoms with Crippen LogP contribution in [0.25, 0.3) is 0 Å². The van der Waals surface area contributed by atoms with Gasteiger partial charge in [0.2, 0.25) is 17.3 Å². The molecule has 0 fully saturated rings. The van der Waals surface area contributed by atoms with E-state index in [0.717, 1.165) is 11.4 Å². The zero-order chi connectivity index (χ0) is 14.1. The van der Waals surface area contributed by atoms with Crippen molar-refractivity contribution in [1.29, 1.82) is 0 Å². The average molecular weight is 263 g/mol. The van der Waals surface area contributed by atoms with Crippen LogP contribution in [0, 0.1) is 0 Å². The molecule has 0 saturated carbocycles. The van der Waals surface area contributed by atoms with Gasteiger partial charge in [-0.3, -0.25) is 10.7 Å². The number of nitrogens with zero attached hydrogens (tertiary/aromatic N) is 3. The minimum absolute atomic E-state index is 0.101. The Morgan fingerprint density at radius 1 is 1.26 bits per heavy atom. The molecule has 19 heavy (non-hydrogen) atoms. The first-order valence-corrected chi connectivity index (χ1v) is 5.35. The second-order valence-electron chi connectivity index (χ2n) is 3.36. The van der Waals surface area contributed by atoms with Gasteiger partial charge in [0.25, 0.3) is 0 Å². The summed E-state index contributed by atoms with van der Waals surface area (Å²) in [5.74, 6) is 0.248. The molecule has 0 aliphatic carbocycles. The maximum absolute atomic E-state index is 5.47. The van der Waals surface area contributed by atoms with Gasteiger partial charge in [-0.2, -0.15) is 5.43 Å². The van der Waals surface area contributed by atoms with Crippen molar-refractivity contribution in [2.45, 2.75) is 0 Å². The minimum Gasteiger partial charge on any atom is -0.369 e. The number of H-pyrrole nitrogens is 1. The number of aromatic nitrogens is 1. The molecule has 0 saturated heterocycles. The molecule has 0 aliphatic rings. The first kappa shape index (κ1) is 14.1. The van der Waals surface area contributed by atoms with E-state index in [9.17, 15) is 0 Å². The molecule has 0 aliphatic heterocycles. The molecule has 9 N–H and O–H groups in total. The van der Waals surface area contributed by atoms with Gasteiger partial charge in [0.15, 0.2) is 0 Å². The maximum atomic E-state index is 5.47. The lowest BCUT2D eigenvalue weighted by Crippen LogP contribution is -2.74. The summed E-state index contributed by atoms with van der Waals surface area (Å²) < 4.78 is 0. The molecule has 1 aromatic rings. The smallest absolute Gasteiger partial charge is 0.364 e. The first-order chi connectivity index (χ1) is 9.11. The summed E-state index contributed by atoms with van der Waals surface area (Å²) in [5.41, 5.74) is 19.8. The van der Waals surface area contributed by atoms with E-state index in [4.69, 9.17) is 17.2 Å². The van der Waals surface area contributed by atoms with Crippen molar-refractivity contribution in [3.05, 3.63) is 29.6 Å². The zero-order valence-corrected chi connectivity index (χ0v) is 10.5. The monoisotopic (exact) mass is 263 g/mol. The molecule has 1 rings (SSSR count). The van der Waals surface area contributed by atoms with Gasteiger partial charge >= 0.3 is 5.96 Å². The fraction of sp³-hybridized carbons (Fsp3) is 0.100. The summed E-state index contributed by atoms with van der Waals surface area (Å²) in [6, 6.07) is 5.48. The average Bonchev–Trinajstić information content (AvgIpc) is 2.38. The number of nitrogens with one attached hydrogen (secondary N) is 3. The molecule has 100 valence electrons.